The Morgan fingerprint density at radius 3 is 2.55 bits per heavy atom. The number of nitrogens with zero attached hydrogens (tertiary/aromatic N) is 2. The van der Waals surface area contributed by atoms with E-state index in [0.29, 0.717) is 21.6 Å². The first-order chi connectivity index (χ1) is 14.6. The normalized spacial score (nSPS) is 11.5. The SMILES string of the molecule is Cc1ccc(NC(=O)COC(=O)c2ccc3nc(Cl)ccc3c2)cc1S(=O)(=O)N(C)C. The number of carbonyl (C=O) groups excluding carboxylic acids is 2. The Labute approximate surface area is 184 Å². The Morgan fingerprint density at radius 2 is 1.84 bits per heavy atom. The van der Waals surface area contributed by atoms with Crippen LogP contribution in [0.15, 0.2) is 53.4 Å². The van der Waals surface area contributed by atoms with Crippen molar-refractivity contribution < 1.29 is 22.7 Å². The van der Waals surface area contributed by atoms with Crippen LogP contribution in [0.5, 0.6) is 0 Å². The molecule has 0 aliphatic rings. The average Bonchev–Trinajstić information content (AvgIpc) is 2.72. The molecule has 0 bridgehead atoms. The molecule has 31 heavy (non-hydrogen) atoms. The van der Waals surface area contributed by atoms with Crippen molar-refractivity contribution >= 4 is 50.1 Å². The van der Waals surface area contributed by atoms with Crippen molar-refractivity contribution in [2.75, 3.05) is 26.0 Å². The van der Waals surface area contributed by atoms with Gasteiger partial charge in [-0.15, -0.1) is 0 Å². The zero-order chi connectivity index (χ0) is 22.8. The second-order valence-corrected chi connectivity index (χ2v) is 9.44. The summed E-state index contributed by atoms with van der Waals surface area (Å²) in [6.07, 6.45) is 0. The van der Waals surface area contributed by atoms with Crippen LogP contribution >= 0.6 is 11.6 Å². The molecule has 0 radical (unpaired) electrons. The minimum Gasteiger partial charge on any atom is -0.452 e. The fourth-order valence-corrected chi connectivity index (χ4v) is 4.09. The standard InChI is InChI=1S/C21H20ClN3O5S/c1-13-4-7-16(11-18(13)31(28,29)25(2)3)23-20(26)12-30-21(27)15-5-8-17-14(10-15)6-9-19(22)24-17/h4-11H,12H2,1-3H3,(H,23,26). The van der Waals surface area contributed by atoms with Gasteiger partial charge in [-0.2, -0.15) is 0 Å². The molecule has 1 N–H and O–H groups in total. The van der Waals surface area contributed by atoms with E-state index >= 15 is 0 Å². The van der Waals surface area contributed by atoms with Crippen LogP contribution < -0.4 is 5.32 Å². The van der Waals surface area contributed by atoms with E-state index in [1.807, 2.05) is 0 Å². The number of benzene rings is 2. The maximum Gasteiger partial charge on any atom is 0.338 e. The summed E-state index contributed by atoms with van der Waals surface area (Å²) in [7, 11) is -0.810. The second-order valence-electron chi connectivity index (χ2n) is 6.93. The Balaban J connectivity index is 1.66. The van der Waals surface area contributed by atoms with Gasteiger partial charge in [0.15, 0.2) is 6.61 Å². The van der Waals surface area contributed by atoms with Gasteiger partial charge in [0.05, 0.1) is 16.0 Å². The molecule has 0 atom stereocenters. The molecule has 162 valence electrons. The van der Waals surface area contributed by atoms with Gasteiger partial charge in [0.25, 0.3) is 5.91 Å². The highest BCUT2D eigenvalue weighted by Gasteiger charge is 2.20. The van der Waals surface area contributed by atoms with Crippen molar-refractivity contribution in [3.63, 3.8) is 0 Å². The number of nitrogens with one attached hydrogen (secondary N) is 1. The molecule has 10 heteroatoms. The Hall–Kier alpha value is -3.01. The van der Waals surface area contributed by atoms with Gasteiger partial charge in [0.2, 0.25) is 10.0 Å². The third kappa shape index (κ3) is 5.19. The van der Waals surface area contributed by atoms with Crippen LogP contribution in [0.4, 0.5) is 5.69 Å². The second kappa shape index (κ2) is 9.01. The lowest BCUT2D eigenvalue weighted by molar-refractivity contribution is -0.119. The average molecular weight is 462 g/mol. The molecule has 0 aliphatic heterocycles. The predicted molar refractivity (Wildman–Crippen MR) is 118 cm³/mol. The number of anilines is 1. The van der Waals surface area contributed by atoms with Crippen LogP contribution in [-0.2, 0) is 19.6 Å². The maximum absolute atomic E-state index is 12.4. The monoisotopic (exact) mass is 461 g/mol. The summed E-state index contributed by atoms with van der Waals surface area (Å²) in [5, 5.41) is 3.59. The van der Waals surface area contributed by atoms with Gasteiger partial charge in [-0.25, -0.2) is 22.5 Å². The van der Waals surface area contributed by atoms with E-state index in [2.05, 4.69) is 10.3 Å². The zero-order valence-electron chi connectivity index (χ0n) is 17.0. The zero-order valence-corrected chi connectivity index (χ0v) is 18.6. The van der Waals surface area contributed by atoms with Crippen LogP contribution in [0.25, 0.3) is 10.9 Å². The molecule has 0 spiro atoms. The van der Waals surface area contributed by atoms with E-state index in [0.717, 1.165) is 4.31 Å². The van der Waals surface area contributed by atoms with Crippen LogP contribution in [-0.4, -0.2) is 50.3 Å². The molecule has 1 heterocycles. The molecule has 1 amide bonds. The number of sulfonamides is 1. The molecule has 1 aromatic heterocycles. The fraction of sp³-hybridized carbons (Fsp3) is 0.190. The summed E-state index contributed by atoms with van der Waals surface area (Å²) < 4.78 is 31.0. The number of aromatic nitrogens is 1. The lowest BCUT2D eigenvalue weighted by atomic mass is 10.1. The van der Waals surface area contributed by atoms with Gasteiger partial charge >= 0.3 is 5.97 Å². The summed E-state index contributed by atoms with van der Waals surface area (Å²) >= 11 is 5.85. The van der Waals surface area contributed by atoms with Gasteiger partial charge in [-0.3, -0.25) is 4.79 Å². The minimum absolute atomic E-state index is 0.0807. The van der Waals surface area contributed by atoms with Crippen LogP contribution in [0.2, 0.25) is 5.15 Å². The number of carbonyl (C=O) groups is 2. The molecule has 0 unspecified atom stereocenters. The minimum atomic E-state index is -3.67. The largest absolute Gasteiger partial charge is 0.452 e. The summed E-state index contributed by atoms with van der Waals surface area (Å²) in [5.41, 5.74) is 1.72. The lowest BCUT2D eigenvalue weighted by Crippen LogP contribution is -2.24. The number of fused-ring (bicyclic) bond motifs is 1. The molecular weight excluding hydrogens is 442 g/mol. The van der Waals surface area contributed by atoms with Gasteiger partial charge < -0.3 is 10.1 Å². The lowest BCUT2D eigenvalue weighted by Gasteiger charge is -2.15. The first kappa shape index (κ1) is 22.7. The van der Waals surface area contributed by atoms with Gasteiger partial charge in [0.1, 0.15) is 5.15 Å². The van der Waals surface area contributed by atoms with Crippen LogP contribution in [0, 0.1) is 6.92 Å². The molecule has 3 rings (SSSR count). The third-order valence-corrected chi connectivity index (χ3v) is 6.62. The number of esters is 1. The van der Waals surface area contributed by atoms with E-state index in [1.165, 1.54) is 26.2 Å². The number of hydrogen-bond acceptors (Lipinski definition) is 6. The summed E-state index contributed by atoms with van der Waals surface area (Å²) in [6.45, 7) is 1.14. The van der Waals surface area contributed by atoms with E-state index in [9.17, 15) is 18.0 Å². The highest BCUT2D eigenvalue weighted by Crippen LogP contribution is 2.22. The molecule has 0 saturated heterocycles. The molecule has 8 nitrogen and oxygen atoms in total. The first-order valence-corrected chi connectivity index (χ1v) is 11.0. The summed E-state index contributed by atoms with van der Waals surface area (Å²) in [4.78, 5) is 28.7. The highest BCUT2D eigenvalue weighted by molar-refractivity contribution is 7.89. The quantitative estimate of drug-likeness (QED) is 0.446. The molecule has 0 fully saturated rings. The molecule has 0 aliphatic carbocycles. The fourth-order valence-electron chi connectivity index (χ4n) is 2.79. The van der Waals surface area contributed by atoms with Crippen molar-refractivity contribution in [1.82, 2.24) is 9.29 Å². The Morgan fingerprint density at radius 1 is 1.10 bits per heavy atom. The summed E-state index contributed by atoms with van der Waals surface area (Å²) in [5.74, 6) is -1.27. The van der Waals surface area contributed by atoms with Crippen molar-refractivity contribution in [1.29, 1.82) is 0 Å². The first-order valence-electron chi connectivity index (χ1n) is 9.14. The van der Waals surface area contributed by atoms with Crippen molar-refractivity contribution in [3.8, 4) is 0 Å². The van der Waals surface area contributed by atoms with Gasteiger partial charge in [-0.1, -0.05) is 17.7 Å². The van der Waals surface area contributed by atoms with Crippen molar-refractivity contribution in [2.45, 2.75) is 11.8 Å². The van der Waals surface area contributed by atoms with E-state index in [4.69, 9.17) is 16.3 Å². The topological polar surface area (TPSA) is 106 Å². The van der Waals surface area contributed by atoms with E-state index in [1.54, 1.807) is 43.3 Å². The van der Waals surface area contributed by atoms with Gasteiger partial charge in [0, 0.05) is 25.2 Å². The molecule has 3 aromatic rings. The molecular formula is C21H20ClN3O5S. The summed E-state index contributed by atoms with van der Waals surface area (Å²) in [6, 6.07) is 12.6. The van der Waals surface area contributed by atoms with E-state index in [-0.39, 0.29) is 16.1 Å². The number of hydrogen-bond donors (Lipinski definition) is 1. The molecule has 0 saturated carbocycles. The maximum atomic E-state index is 12.4. The number of ether oxygens (including phenoxy) is 1. The Kier molecular flexibility index (Phi) is 6.59. The number of rotatable bonds is 6. The number of aryl methyl sites for hydroxylation is 1. The number of pyridine rings is 1. The third-order valence-electron chi connectivity index (χ3n) is 4.46. The number of amides is 1. The van der Waals surface area contributed by atoms with Gasteiger partial charge in [-0.05, 0) is 55.0 Å². The van der Waals surface area contributed by atoms with Crippen molar-refractivity contribution in [2.24, 2.45) is 0 Å². The highest BCUT2D eigenvalue weighted by atomic mass is 35.5. The number of halogens is 1. The van der Waals surface area contributed by atoms with Crippen LogP contribution in [0.1, 0.15) is 15.9 Å². The van der Waals surface area contributed by atoms with Crippen molar-refractivity contribution in [3.05, 3.63) is 64.8 Å². The smallest absolute Gasteiger partial charge is 0.338 e. The van der Waals surface area contributed by atoms with E-state index < -0.39 is 28.5 Å². The predicted octanol–water partition coefficient (Wildman–Crippen LogP) is 3.24. The molecule has 2 aromatic carbocycles. The Bertz CT molecular complexity index is 1280. The van der Waals surface area contributed by atoms with Crippen LogP contribution in [0.3, 0.4) is 0 Å².